The number of ether oxygens (including phenoxy) is 2. The summed E-state index contributed by atoms with van der Waals surface area (Å²) >= 11 is 0. The molecule has 7 heteroatoms. The minimum Gasteiger partial charge on any atom is -0.465 e. The van der Waals surface area contributed by atoms with E-state index in [1.807, 2.05) is 5.32 Å². The molecular weight excluding hydrogens is 231 g/mol. The van der Waals surface area contributed by atoms with Crippen LogP contribution >= 0.6 is 0 Å². The van der Waals surface area contributed by atoms with Gasteiger partial charge < -0.3 is 25.6 Å². The van der Waals surface area contributed by atoms with Crippen molar-refractivity contribution in [2.24, 2.45) is 5.73 Å². The fraction of sp³-hybridized carbons (Fsp3) is 0.900. The molecule has 0 aliphatic rings. The summed E-state index contributed by atoms with van der Waals surface area (Å²) < 4.78 is 24.0. The minimum atomic E-state index is -1.42. The summed E-state index contributed by atoms with van der Waals surface area (Å²) in [5.74, 6) is 0. The second-order valence-electron chi connectivity index (χ2n) is 4.01. The number of hydrogen-bond donors (Lipinski definition) is 3. The van der Waals surface area contributed by atoms with Crippen LogP contribution in [-0.2, 0) is 9.47 Å². The normalized spacial score (nSPS) is 13.4. The van der Waals surface area contributed by atoms with Crippen molar-refractivity contribution < 1.29 is 23.8 Å². The van der Waals surface area contributed by atoms with Crippen LogP contribution in [0.3, 0.4) is 0 Å². The van der Waals surface area contributed by atoms with Gasteiger partial charge in [-0.15, -0.1) is 0 Å². The Balaban J connectivity index is 3.79. The van der Waals surface area contributed by atoms with Gasteiger partial charge in [-0.05, 0) is 13.8 Å². The van der Waals surface area contributed by atoms with Crippen molar-refractivity contribution in [2.45, 2.75) is 25.6 Å². The highest BCUT2D eigenvalue weighted by atomic mass is 19.1. The van der Waals surface area contributed by atoms with E-state index in [0.717, 1.165) is 0 Å². The Labute approximate surface area is 100 Å². The van der Waals surface area contributed by atoms with Crippen molar-refractivity contribution in [3.05, 3.63) is 0 Å². The largest absolute Gasteiger partial charge is 0.465 e. The molecule has 0 saturated carbocycles. The third kappa shape index (κ3) is 7.89. The first-order valence-corrected chi connectivity index (χ1v) is 5.42. The summed E-state index contributed by atoms with van der Waals surface area (Å²) in [6, 6.07) is 0. The lowest BCUT2D eigenvalue weighted by Crippen LogP contribution is -2.44. The van der Waals surface area contributed by atoms with Crippen molar-refractivity contribution in [1.82, 2.24) is 5.32 Å². The van der Waals surface area contributed by atoms with Crippen molar-refractivity contribution in [2.75, 3.05) is 32.9 Å². The number of alkyl halides is 1. The molecule has 0 radical (unpaired) electrons. The number of amides is 1. The van der Waals surface area contributed by atoms with Crippen LogP contribution in [0.5, 0.6) is 0 Å². The number of rotatable bonds is 9. The summed E-state index contributed by atoms with van der Waals surface area (Å²) in [7, 11) is 0. The Kier molecular flexibility index (Phi) is 7.77. The Morgan fingerprint density at radius 2 is 2.12 bits per heavy atom. The smallest absolute Gasteiger partial charge is 0.404 e. The Morgan fingerprint density at radius 1 is 1.47 bits per heavy atom. The molecule has 0 aliphatic carbocycles. The quantitative estimate of drug-likeness (QED) is 0.515. The van der Waals surface area contributed by atoms with E-state index in [4.69, 9.17) is 20.3 Å². The predicted molar refractivity (Wildman–Crippen MR) is 60.8 cm³/mol. The highest BCUT2D eigenvalue weighted by molar-refractivity contribution is 5.64. The van der Waals surface area contributed by atoms with Crippen LogP contribution in [-0.4, -0.2) is 55.9 Å². The lowest BCUT2D eigenvalue weighted by Gasteiger charge is -2.29. The van der Waals surface area contributed by atoms with Gasteiger partial charge in [0.25, 0.3) is 0 Å². The number of carboxylic acid groups (broad SMARTS) is 1. The lowest BCUT2D eigenvalue weighted by molar-refractivity contribution is -0.0859. The SMILES string of the molecule is CC(C)(OCCOCCN)C(F)CNC(=O)O. The molecule has 6 nitrogen and oxygen atoms in total. The molecule has 4 N–H and O–H groups in total. The number of nitrogens with one attached hydrogen (secondary N) is 1. The van der Waals surface area contributed by atoms with Crippen LogP contribution in [0.2, 0.25) is 0 Å². The first-order valence-electron chi connectivity index (χ1n) is 5.42. The standard InChI is InChI=1S/C10H21FN2O4/c1-10(2,8(11)7-13-9(14)15)17-6-5-16-4-3-12/h8,13H,3-7,12H2,1-2H3,(H,14,15). The van der Waals surface area contributed by atoms with Gasteiger partial charge in [-0.25, -0.2) is 9.18 Å². The summed E-state index contributed by atoms with van der Waals surface area (Å²) in [6.45, 7) is 4.25. The molecule has 0 heterocycles. The average molecular weight is 252 g/mol. The van der Waals surface area contributed by atoms with Gasteiger partial charge in [0.05, 0.1) is 32.0 Å². The molecule has 0 bridgehead atoms. The molecule has 0 aromatic rings. The van der Waals surface area contributed by atoms with Crippen molar-refractivity contribution >= 4 is 6.09 Å². The molecule has 0 saturated heterocycles. The van der Waals surface area contributed by atoms with Gasteiger partial charge in [0.1, 0.15) is 6.17 Å². The first kappa shape index (κ1) is 16.1. The van der Waals surface area contributed by atoms with Crippen LogP contribution in [0.15, 0.2) is 0 Å². The van der Waals surface area contributed by atoms with E-state index >= 15 is 0 Å². The Morgan fingerprint density at radius 3 is 2.65 bits per heavy atom. The summed E-state index contributed by atoms with van der Waals surface area (Å²) in [5.41, 5.74) is 4.16. The van der Waals surface area contributed by atoms with Gasteiger partial charge in [0.2, 0.25) is 0 Å². The van der Waals surface area contributed by atoms with Crippen LogP contribution in [0.4, 0.5) is 9.18 Å². The third-order valence-electron chi connectivity index (χ3n) is 2.15. The second-order valence-corrected chi connectivity index (χ2v) is 4.01. The van der Waals surface area contributed by atoms with E-state index in [1.165, 1.54) is 0 Å². The monoisotopic (exact) mass is 252 g/mol. The number of carbonyl (C=O) groups is 1. The highest BCUT2D eigenvalue weighted by Gasteiger charge is 2.30. The molecule has 102 valence electrons. The maximum atomic E-state index is 13.6. The van der Waals surface area contributed by atoms with Gasteiger partial charge in [0, 0.05) is 6.54 Å². The zero-order valence-corrected chi connectivity index (χ0v) is 10.2. The van der Waals surface area contributed by atoms with E-state index in [0.29, 0.717) is 19.8 Å². The Bertz CT molecular complexity index is 226. The van der Waals surface area contributed by atoms with Gasteiger partial charge in [-0.3, -0.25) is 0 Å². The number of nitrogens with two attached hydrogens (primary N) is 1. The molecule has 0 spiro atoms. The predicted octanol–water partition coefficient (Wildman–Crippen LogP) is 0.363. The zero-order chi connectivity index (χ0) is 13.3. The van der Waals surface area contributed by atoms with E-state index in [-0.39, 0.29) is 13.2 Å². The molecule has 0 rings (SSSR count). The van der Waals surface area contributed by atoms with E-state index < -0.39 is 17.9 Å². The maximum Gasteiger partial charge on any atom is 0.404 e. The molecule has 0 aromatic heterocycles. The molecule has 1 amide bonds. The molecule has 0 fully saturated rings. The fourth-order valence-corrected chi connectivity index (χ4v) is 1.06. The van der Waals surface area contributed by atoms with Crippen molar-refractivity contribution in [3.63, 3.8) is 0 Å². The number of hydrogen-bond acceptors (Lipinski definition) is 4. The molecule has 0 aliphatic heterocycles. The third-order valence-corrected chi connectivity index (χ3v) is 2.15. The fourth-order valence-electron chi connectivity index (χ4n) is 1.06. The van der Waals surface area contributed by atoms with Gasteiger partial charge >= 0.3 is 6.09 Å². The average Bonchev–Trinajstić information content (AvgIpc) is 2.25. The maximum absolute atomic E-state index is 13.6. The van der Waals surface area contributed by atoms with Gasteiger partial charge in [-0.1, -0.05) is 0 Å². The summed E-state index contributed by atoms with van der Waals surface area (Å²) in [6.07, 6.45) is -2.68. The van der Waals surface area contributed by atoms with Crippen molar-refractivity contribution in [1.29, 1.82) is 0 Å². The Hall–Kier alpha value is -0.920. The second kappa shape index (κ2) is 8.21. The molecule has 17 heavy (non-hydrogen) atoms. The number of halogens is 1. The molecular formula is C10H21FN2O4. The van der Waals surface area contributed by atoms with Crippen LogP contribution in [0, 0.1) is 0 Å². The van der Waals surface area contributed by atoms with Crippen molar-refractivity contribution in [3.8, 4) is 0 Å². The lowest BCUT2D eigenvalue weighted by atomic mass is 10.0. The highest BCUT2D eigenvalue weighted by Crippen LogP contribution is 2.17. The molecule has 1 unspecified atom stereocenters. The van der Waals surface area contributed by atoms with Gasteiger partial charge in [0.15, 0.2) is 0 Å². The summed E-state index contributed by atoms with van der Waals surface area (Å²) in [4.78, 5) is 10.2. The minimum absolute atomic E-state index is 0.237. The topological polar surface area (TPSA) is 93.8 Å². The van der Waals surface area contributed by atoms with Crippen LogP contribution < -0.4 is 11.1 Å². The van der Waals surface area contributed by atoms with E-state index in [2.05, 4.69) is 0 Å². The van der Waals surface area contributed by atoms with Crippen LogP contribution in [0.25, 0.3) is 0 Å². The van der Waals surface area contributed by atoms with Crippen LogP contribution in [0.1, 0.15) is 13.8 Å². The first-order chi connectivity index (χ1) is 7.90. The zero-order valence-electron chi connectivity index (χ0n) is 10.2. The summed E-state index contributed by atoms with van der Waals surface area (Å²) in [5, 5.41) is 10.3. The van der Waals surface area contributed by atoms with E-state index in [9.17, 15) is 9.18 Å². The van der Waals surface area contributed by atoms with E-state index in [1.54, 1.807) is 13.8 Å². The molecule has 1 atom stereocenters. The molecule has 0 aromatic carbocycles. The van der Waals surface area contributed by atoms with Gasteiger partial charge in [-0.2, -0.15) is 0 Å².